The smallest absolute Gasteiger partial charge is 0.0489 e. The normalized spacial score (nSPS) is 16.2. The second-order valence-electron chi connectivity index (χ2n) is 4.96. The first-order valence-electron chi connectivity index (χ1n) is 6.70. The molecule has 0 saturated heterocycles. The third-order valence-corrected chi connectivity index (χ3v) is 5.08. The van der Waals surface area contributed by atoms with Crippen molar-refractivity contribution in [1.29, 1.82) is 0 Å². The van der Waals surface area contributed by atoms with E-state index in [1.165, 1.54) is 11.1 Å². The van der Waals surface area contributed by atoms with E-state index >= 15 is 0 Å². The van der Waals surface area contributed by atoms with Crippen LogP contribution >= 0.6 is 0 Å². The minimum Gasteiger partial charge on any atom is -0.313 e. The summed E-state index contributed by atoms with van der Waals surface area (Å²) in [4.78, 5) is 0. The molecule has 0 aliphatic heterocycles. The Bertz CT molecular complexity index is 392. The van der Waals surface area contributed by atoms with Crippen LogP contribution in [0.25, 0.3) is 0 Å². The van der Waals surface area contributed by atoms with Crippen LogP contribution in [-0.2, 0) is 16.6 Å². The Labute approximate surface area is 114 Å². The third-order valence-electron chi connectivity index (χ3n) is 3.23. The van der Waals surface area contributed by atoms with Crippen molar-refractivity contribution in [2.45, 2.75) is 51.2 Å². The van der Waals surface area contributed by atoms with Gasteiger partial charge in [-0.3, -0.25) is 4.21 Å². The Kier molecular flexibility index (Phi) is 6.58. The van der Waals surface area contributed by atoms with Gasteiger partial charge in [0, 0.05) is 27.8 Å². The first kappa shape index (κ1) is 15.4. The lowest BCUT2D eigenvalue weighted by Crippen LogP contribution is -2.38. The summed E-state index contributed by atoms with van der Waals surface area (Å²) in [6, 6.07) is 8.58. The van der Waals surface area contributed by atoms with Gasteiger partial charge in [0.25, 0.3) is 0 Å². The van der Waals surface area contributed by atoms with Gasteiger partial charge in [-0.1, -0.05) is 36.8 Å². The maximum absolute atomic E-state index is 12.3. The highest BCUT2D eigenvalue weighted by atomic mass is 32.2. The molecule has 1 aromatic rings. The van der Waals surface area contributed by atoms with Crippen molar-refractivity contribution < 1.29 is 4.21 Å². The van der Waals surface area contributed by atoms with Crippen LogP contribution in [0, 0.1) is 6.92 Å². The quantitative estimate of drug-likeness (QED) is 0.823. The molecule has 0 fully saturated rings. The Morgan fingerprint density at radius 1 is 1.33 bits per heavy atom. The van der Waals surface area contributed by atoms with Gasteiger partial charge in [-0.25, -0.2) is 0 Å². The molecule has 2 nitrogen and oxygen atoms in total. The molecule has 0 aromatic heterocycles. The monoisotopic (exact) mass is 267 g/mol. The molecule has 102 valence electrons. The molecular weight excluding hydrogens is 242 g/mol. The summed E-state index contributed by atoms with van der Waals surface area (Å²) in [7, 11) is -0.820. The molecule has 1 N–H and O–H groups in total. The summed E-state index contributed by atoms with van der Waals surface area (Å²) in [6.07, 6.45) is 1.11. The molecule has 3 unspecified atom stereocenters. The molecule has 0 heterocycles. The number of rotatable bonds is 7. The molecule has 0 spiro atoms. The van der Waals surface area contributed by atoms with E-state index < -0.39 is 10.8 Å². The summed E-state index contributed by atoms with van der Waals surface area (Å²) in [5, 5.41) is 3.59. The van der Waals surface area contributed by atoms with Crippen molar-refractivity contribution in [3.8, 4) is 0 Å². The molecule has 18 heavy (non-hydrogen) atoms. The summed E-state index contributed by atoms with van der Waals surface area (Å²) >= 11 is 0. The lowest BCUT2D eigenvalue weighted by atomic mass is 10.2. The fraction of sp³-hybridized carbons (Fsp3) is 0.600. The molecule has 0 bridgehead atoms. The zero-order valence-electron chi connectivity index (χ0n) is 11.9. The van der Waals surface area contributed by atoms with E-state index in [1.807, 2.05) is 6.07 Å². The summed E-state index contributed by atoms with van der Waals surface area (Å²) < 4.78 is 12.3. The number of hydrogen-bond donors (Lipinski definition) is 1. The van der Waals surface area contributed by atoms with E-state index in [1.54, 1.807) is 0 Å². The topological polar surface area (TPSA) is 29.1 Å². The highest BCUT2D eigenvalue weighted by Gasteiger charge is 2.18. The molecule has 3 heteroatoms. The van der Waals surface area contributed by atoms with E-state index in [0.29, 0.717) is 11.8 Å². The first-order chi connectivity index (χ1) is 8.54. The Morgan fingerprint density at radius 2 is 2.06 bits per heavy atom. The van der Waals surface area contributed by atoms with Crippen LogP contribution in [0.1, 0.15) is 38.3 Å². The summed E-state index contributed by atoms with van der Waals surface area (Å²) in [5.74, 6) is 0.654. The zero-order valence-corrected chi connectivity index (χ0v) is 12.7. The van der Waals surface area contributed by atoms with Crippen LogP contribution in [0.5, 0.6) is 0 Å². The van der Waals surface area contributed by atoms with E-state index in [9.17, 15) is 4.21 Å². The summed E-state index contributed by atoms with van der Waals surface area (Å²) in [5.41, 5.74) is 2.40. The van der Waals surface area contributed by atoms with Crippen LogP contribution in [0.4, 0.5) is 0 Å². The average molecular weight is 267 g/mol. The molecule has 1 rings (SSSR count). The van der Waals surface area contributed by atoms with E-state index in [2.05, 4.69) is 51.2 Å². The van der Waals surface area contributed by atoms with Gasteiger partial charge in [-0.15, -0.1) is 0 Å². The second kappa shape index (κ2) is 7.70. The van der Waals surface area contributed by atoms with Gasteiger partial charge >= 0.3 is 0 Å². The van der Waals surface area contributed by atoms with Gasteiger partial charge in [0.15, 0.2) is 0 Å². The molecule has 1 aromatic carbocycles. The number of hydrogen-bond acceptors (Lipinski definition) is 2. The third kappa shape index (κ3) is 4.91. The number of benzene rings is 1. The highest BCUT2D eigenvalue weighted by Crippen LogP contribution is 2.11. The Morgan fingerprint density at radius 3 is 2.67 bits per heavy atom. The lowest BCUT2D eigenvalue weighted by molar-refractivity contribution is 0.531. The van der Waals surface area contributed by atoms with Gasteiger partial charge in [-0.2, -0.15) is 0 Å². The molecule has 0 saturated carbocycles. The van der Waals surface area contributed by atoms with Crippen LogP contribution in [-0.4, -0.2) is 22.0 Å². The van der Waals surface area contributed by atoms with E-state index in [4.69, 9.17) is 0 Å². The van der Waals surface area contributed by atoms with E-state index in [0.717, 1.165) is 13.0 Å². The fourth-order valence-electron chi connectivity index (χ4n) is 1.86. The molecule has 0 aliphatic carbocycles. The van der Waals surface area contributed by atoms with Crippen LogP contribution in [0.15, 0.2) is 24.3 Å². The highest BCUT2D eigenvalue weighted by molar-refractivity contribution is 7.84. The average Bonchev–Trinajstić information content (AvgIpc) is 2.35. The Balaban J connectivity index is 2.54. The molecule has 0 aliphatic rings. The van der Waals surface area contributed by atoms with Crippen molar-refractivity contribution in [3.05, 3.63) is 35.4 Å². The molecule has 0 amide bonds. The maximum atomic E-state index is 12.3. The van der Waals surface area contributed by atoms with Gasteiger partial charge in [-0.05, 0) is 39.3 Å². The maximum Gasteiger partial charge on any atom is 0.0489 e. The minimum atomic E-state index is -0.820. The van der Waals surface area contributed by atoms with Crippen LogP contribution < -0.4 is 5.32 Å². The van der Waals surface area contributed by atoms with Crippen molar-refractivity contribution in [3.63, 3.8) is 0 Å². The fourth-order valence-corrected chi connectivity index (χ4v) is 3.19. The second-order valence-corrected chi connectivity index (χ2v) is 6.76. The van der Waals surface area contributed by atoms with Crippen molar-refractivity contribution in [2.75, 3.05) is 6.54 Å². The van der Waals surface area contributed by atoms with Gasteiger partial charge in [0.1, 0.15) is 0 Å². The largest absolute Gasteiger partial charge is 0.313 e. The molecular formula is C15H25NOS. The summed E-state index contributed by atoms with van der Waals surface area (Å²) in [6.45, 7) is 9.40. The standard InChI is InChI=1S/C15H25NOS/c1-5-9-16-13(3)14(4)18(17)11-15-8-6-7-12(2)10-15/h6-8,10,13-14,16H,5,9,11H2,1-4H3. The van der Waals surface area contributed by atoms with Crippen molar-refractivity contribution in [1.82, 2.24) is 5.32 Å². The Hall–Kier alpha value is -0.670. The predicted octanol–water partition coefficient (Wildman–Crippen LogP) is 3.02. The van der Waals surface area contributed by atoms with Crippen molar-refractivity contribution >= 4 is 10.8 Å². The van der Waals surface area contributed by atoms with Crippen LogP contribution in [0.2, 0.25) is 0 Å². The van der Waals surface area contributed by atoms with Crippen molar-refractivity contribution in [2.24, 2.45) is 0 Å². The minimum absolute atomic E-state index is 0.178. The predicted molar refractivity (Wildman–Crippen MR) is 80.2 cm³/mol. The van der Waals surface area contributed by atoms with Gasteiger partial charge in [0.05, 0.1) is 0 Å². The van der Waals surface area contributed by atoms with Crippen LogP contribution in [0.3, 0.4) is 0 Å². The van der Waals surface area contributed by atoms with Gasteiger partial charge in [0.2, 0.25) is 0 Å². The number of nitrogens with one attached hydrogen (secondary N) is 1. The number of aryl methyl sites for hydroxylation is 1. The first-order valence-corrected chi connectivity index (χ1v) is 8.09. The SMILES string of the molecule is CCCNC(C)C(C)S(=O)Cc1cccc(C)c1. The molecule has 0 radical (unpaired) electrons. The molecule has 3 atom stereocenters. The van der Waals surface area contributed by atoms with Gasteiger partial charge < -0.3 is 5.32 Å². The zero-order chi connectivity index (χ0) is 13.5. The lowest BCUT2D eigenvalue weighted by Gasteiger charge is -2.20. The van der Waals surface area contributed by atoms with E-state index in [-0.39, 0.29) is 5.25 Å².